The molecule has 0 aromatic heterocycles. The second kappa shape index (κ2) is 8.81. The number of aryl methyl sites for hydroxylation is 1. The Morgan fingerprint density at radius 2 is 1.74 bits per heavy atom. The van der Waals surface area contributed by atoms with Gasteiger partial charge < -0.3 is 10.6 Å². The van der Waals surface area contributed by atoms with Crippen molar-refractivity contribution in [2.45, 2.75) is 37.8 Å². The zero-order valence-corrected chi connectivity index (χ0v) is 16.5. The van der Waals surface area contributed by atoms with Crippen LogP contribution in [0.5, 0.6) is 0 Å². The van der Waals surface area contributed by atoms with Crippen LogP contribution >= 0.6 is 0 Å². The molecule has 27 heavy (non-hydrogen) atoms. The highest BCUT2D eigenvalue weighted by molar-refractivity contribution is 7.90. The van der Waals surface area contributed by atoms with Crippen LogP contribution in [0.2, 0.25) is 0 Å². The van der Waals surface area contributed by atoms with E-state index in [-0.39, 0.29) is 35.4 Å². The molecule has 2 N–H and O–H groups in total. The number of sulfone groups is 1. The van der Waals surface area contributed by atoms with Crippen molar-refractivity contribution in [2.75, 3.05) is 11.9 Å². The van der Waals surface area contributed by atoms with Crippen LogP contribution in [0, 0.1) is 13.8 Å². The molecule has 0 fully saturated rings. The molecule has 2 rings (SSSR count). The van der Waals surface area contributed by atoms with Gasteiger partial charge in [0, 0.05) is 25.6 Å². The molecular formula is C20H24N2O4S. The number of nitrogens with one attached hydrogen (secondary N) is 2. The van der Waals surface area contributed by atoms with Crippen LogP contribution in [-0.2, 0) is 25.2 Å². The predicted octanol–water partition coefficient (Wildman–Crippen LogP) is 2.74. The van der Waals surface area contributed by atoms with Gasteiger partial charge in [-0.25, -0.2) is 8.42 Å². The average Bonchev–Trinajstić information content (AvgIpc) is 2.59. The fraction of sp³-hybridized carbons (Fsp3) is 0.300. The molecule has 0 atom stereocenters. The Labute approximate surface area is 159 Å². The quantitative estimate of drug-likeness (QED) is 0.763. The minimum absolute atomic E-state index is 0.0968. The number of benzene rings is 2. The molecule has 2 amide bonds. The first-order valence-corrected chi connectivity index (χ1v) is 10.3. The van der Waals surface area contributed by atoms with Crippen LogP contribution < -0.4 is 10.6 Å². The number of hydrogen-bond acceptors (Lipinski definition) is 4. The number of carbonyl (C=O) groups excluding carboxylic acids is 2. The molecule has 0 aliphatic rings. The maximum absolute atomic E-state index is 12.8. The van der Waals surface area contributed by atoms with Gasteiger partial charge in [-0.2, -0.15) is 0 Å². The van der Waals surface area contributed by atoms with Crippen molar-refractivity contribution < 1.29 is 18.0 Å². The molecule has 0 bridgehead atoms. The van der Waals surface area contributed by atoms with Gasteiger partial charge in [0.05, 0.1) is 10.6 Å². The SMILES string of the molecule is CC(=O)NCCC(=O)Nc1cccc(S(=O)(=O)Cc2cccc(C)c2C)c1. The zero-order valence-electron chi connectivity index (χ0n) is 15.7. The number of hydrogen-bond donors (Lipinski definition) is 2. The largest absolute Gasteiger partial charge is 0.356 e. The lowest BCUT2D eigenvalue weighted by Crippen LogP contribution is -2.25. The van der Waals surface area contributed by atoms with E-state index in [4.69, 9.17) is 0 Å². The summed E-state index contributed by atoms with van der Waals surface area (Å²) in [6.45, 7) is 5.46. The first-order valence-electron chi connectivity index (χ1n) is 8.61. The Bertz CT molecular complexity index is 952. The van der Waals surface area contributed by atoms with Crippen molar-refractivity contribution in [3.63, 3.8) is 0 Å². The van der Waals surface area contributed by atoms with Crippen LogP contribution in [0.4, 0.5) is 5.69 Å². The second-order valence-electron chi connectivity index (χ2n) is 6.43. The smallest absolute Gasteiger partial charge is 0.226 e. The lowest BCUT2D eigenvalue weighted by molar-refractivity contribution is -0.119. The number of carbonyl (C=O) groups is 2. The maximum Gasteiger partial charge on any atom is 0.226 e. The predicted molar refractivity (Wildman–Crippen MR) is 105 cm³/mol. The van der Waals surface area contributed by atoms with Crippen LogP contribution in [0.1, 0.15) is 30.0 Å². The second-order valence-corrected chi connectivity index (χ2v) is 8.42. The molecule has 0 aliphatic heterocycles. The van der Waals surface area contributed by atoms with Gasteiger partial charge in [-0.1, -0.05) is 24.3 Å². The molecule has 0 aliphatic carbocycles. The lowest BCUT2D eigenvalue weighted by atomic mass is 10.1. The Kier molecular flexibility index (Phi) is 6.74. The van der Waals surface area contributed by atoms with E-state index in [1.807, 2.05) is 32.0 Å². The normalized spacial score (nSPS) is 11.1. The van der Waals surface area contributed by atoms with E-state index in [2.05, 4.69) is 10.6 Å². The van der Waals surface area contributed by atoms with Gasteiger partial charge in [0.15, 0.2) is 9.84 Å². The molecule has 0 saturated heterocycles. The van der Waals surface area contributed by atoms with E-state index in [1.54, 1.807) is 12.1 Å². The summed E-state index contributed by atoms with van der Waals surface area (Å²) in [7, 11) is -3.55. The van der Waals surface area contributed by atoms with Gasteiger partial charge >= 0.3 is 0 Å². The molecule has 0 radical (unpaired) electrons. The molecule has 0 heterocycles. The van der Waals surface area contributed by atoms with E-state index in [9.17, 15) is 18.0 Å². The van der Waals surface area contributed by atoms with Crippen molar-refractivity contribution in [2.24, 2.45) is 0 Å². The monoisotopic (exact) mass is 388 g/mol. The average molecular weight is 388 g/mol. The van der Waals surface area contributed by atoms with E-state index < -0.39 is 9.84 Å². The van der Waals surface area contributed by atoms with Gasteiger partial charge in [0.1, 0.15) is 0 Å². The third kappa shape index (κ3) is 5.92. The Morgan fingerprint density at radius 1 is 1.04 bits per heavy atom. The summed E-state index contributed by atoms with van der Waals surface area (Å²) >= 11 is 0. The van der Waals surface area contributed by atoms with E-state index in [1.165, 1.54) is 19.1 Å². The Hall–Kier alpha value is -2.67. The molecule has 2 aromatic carbocycles. The third-order valence-electron chi connectivity index (χ3n) is 4.27. The number of anilines is 1. The van der Waals surface area contributed by atoms with Gasteiger partial charge in [-0.05, 0) is 48.7 Å². The third-order valence-corrected chi connectivity index (χ3v) is 5.93. The highest BCUT2D eigenvalue weighted by Crippen LogP contribution is 2.22. The van der Waals surface area contributed by atoms with Crippen LogP contribution in [0.3, 0.4) is 0 Å². The lowest BCUT2D eigenvalue weighted by Gasteiger charge is -2.11. The van der Waals surface area contributed by atoms with E-state index in [0.717, 1.165) is 16.7 Å². The molecule has 0 saturated carbocycles. The molecule has 7 heteroatoms. The van der Waals surface area contributed by atoms with E-state index in [0.29, 0.717) is 5.69 Å². The zero-order chi connectivity index (χ0) is 20.0. The van der Waals surface area contributed by atoms with Gasteiger partial charge in [0.25, 0.3) is 0 Å². The Morgan fingerprint density at radius 3 is 2.44 bits per heavy atom. The van der Waals surface area contributed by atoms with Gasteiger partial charge in [-0.15, -0.1) is 0 Å². The summed E-state index contributed by atoms with van der Waals surface area (Å²) in [6, 6.07) is 11.8. The molecular weight excluding hydrogens is 364 g/mol. The highest BCUT2D eigenvalue weighted by Gasteiger charge is 2.18. The summed E-state index contributed by atoms with van der Waals surface area (Å²) in [5.41, 5.74) is 3.18. The summed E-state index contributed by atoms with van der Waals surface area (Å²) in [5, 5.41) is 5.20. The summed E-state index contributed by atoms with van der Waals surface area (Å²) in [6.07, 6.45) is 0.110. The molecule has 2 aromatic rings. The fourth-order valence-electron chi connectivity index (χ4n) is 2.60. The minimum atomic E-state index is -3.55. The highest BCUT2D eigenvalue weighted by atomic mass is 32.2. The Balaban J connectivity index is 2.12. The van der Waals surface area contributed by atoms with Crippen molar-refractivity contribution in [3.8, 4) is 0 Å². The first kappa shape index (κ1) is 20.6. The van der Waals surface area contributed by atoms with Gasteiger partial charge in [0.2, 0.25) is 11.8 Å². The van der Waals surface area contributed by atoms with Crippen molar-refractivity contribution in [1.29, 1.82) is 0 Å². The van der Waals surface area contributed by atoms with Crippen LogP contribution in [-0.4, -0.2) is 26.8 Å². The minimum Gasteiger partial charge on any atom is -0.356 e. The maximum atomic E-state index is 12.8. The summed E-state index contributed by atoms with van der Waals surface area (Å²) in [5.74, 6) is -0.601. The van der Waals surface area contributed by atoms with Gasteiger partial charge in [-0.3, -0.25) is 9.59 Å². The first-order chi connectivity index (χ1) is 12.7. The van der Waals surface area contributed by atoms with E-state index >= 15 is 0 Å². The standard InChI is InChI=1S/C20H24N2O4S/c1-14-6-4-7-17(15(14)2)13-27(25,26)19-9-5-8-18(12-19)22-20(24)10-11-21-16(3)23/h4-9,12H,10-11,13H2,1-3H3,(H,21,23)(H,22,24). The fourth-order valence-corrected chi connectivity index (χ4v) is 4.08. The molecule has 144 valence electrons. The van der Waals surface area contributed by atoms with Crippen molar-refractivity contribution in [1.82, 2.24) is 5.32 Å². The topological polar surface area (TPSA) is 92.3 Å². The molecule has 0 unspecified atom stereocenters. The molecule has 6 nitrogen and oxygen atoms in total. The van der Waals surface area contributed by atoms with Crippen LogP contribution in [0.25, 0.3) is 0 Å². The van der Waals surface area contributed by atoms with Crippen molar-refractivity contribution in [3.05, 3.63) is 59.2 Å². The van der Waals surface area contributed by atoms with Crippen LogP contribution in [0.15, 0.2) is 47.4 Å². The number of rotatable bonds is 7. The molecule has 0 spiro atoms. The summed E-state index contributed by atoms with van der Waals surface area (Å²) < 4.78 is 25.6. The van der Waals surface area contributed by atoms with Crippen molar-refractivity contribution >= 4 is 27.3 Å². The number of amides is 2. The summed E-state index contributed by atoms with van der Waals surface area (Å²) in [4.78, 5) is 22.9.